The van der Waals surface area contributed by atoms with Crippen molar-refractivity contribution in [2.45, 2.75) is 77.8 Å². The quantitative estimate of drug-likeness (QED) is 0.174. The molecule has 6 rings (SSSR count). The van der Waals surface area contributed by atoms with Crippen LogP contribution in [0.4, 0.5) is 0 Å². The Morgan fingerprint density at radius 3 is 2.43 bits per heavy atom. The lowest BCUT2D eigenvalue weighted by Gasteiger charge is -2.22. The first-order valence-corrected chi connectivity index (χ1v) is 17.0. The molecule has 0 unspecified atom stereocenters. The maximum atomic E-state index is 14.0. The summed E-state index contributed by atoms with van der Waals surface area (Å²) >= 11 is 7.99. The predicted molar refractivity (Wildman–Crippen MR) is 177 cm³/mol. The zero-order valence-electron chi connectivity index (χ0n) is 25.8. The number of amides is 1. The van der Waals surface area contributed by atoms with Gasteiger partial charge in [0.1, 0.15) is 16.5 Å². The van der Waals surface area contributed by atoms with Crippen molar-refractivity contribution in [2.75, 3.05) is 0 Å². The number of ketones is 1. The minimum atomic E-state index is -1.28. The van der Waals surface area contributed by atoms with Crippen LogP contribution in [0.5, 0.6) is 0 Å². The second-order valence-electron chi connectivity index (χ2n) is 11.6. The Morgan fingerprint density at radius 1 is 0.978 bits per heavy atom. The molecule has 1 saturated carbocycles. The molecule has 1 amide bonds. The third kappa shape index (κ3) is 5.99. The van der Waals surface area contributed by atoms with Crippen molar-refractivity contribution in [1.29, 1.82) is 0 Å². The summed E-state index contributed by atoms with van der Waals surface area (Å²) in [6.45, 7) is 3.56. The third-order valence-electron chi connectivity index (χ3n) is 8.74. The van der Waals surface area contributed by atoms with Crippen LogP contribution in [0, 0.1) is 0 Å². The van der Waals surface area contributed by atoms with E-state index in [-0.39, 0.29) is 23.9 Å². The zero-order chi connectivity index (χ0) is 32.4. The Labute approximate surface area is 276 Å². The summed E-state index contributed by atoms with van der Waals surface area (Å²) in [4.78, 5) is 40.7. The van der Waals surface area contributed by atoms with Gasteiger partial charge >= 0.3 is 0 Å². The molecule has 1 aliphatic carbocycles. The lowest BCUT2D eigenvalue weighted by Crippen LogP contribution is -2.32. The third-order valence-corrected chi connectivity index (χ3v) is 10.3. The number of para-hydroxylation sites is 1. The lowest BCUT2D eigenvalue weighted by molar-refractivity contribution is -0.306. The Balaban J connectivity index is 1.42. The van der Waals surface area contributed by atoms with E-state index in [1.54, 1.807) is 30.3 Å². The molecule has 0 spiro atoms. The first-order valence-electron chi connectivity index (χ1n) is 15.8. The van der Waals surface area contributed by atoms with Crippen molar-refractivity contribution in [2.24, 2.45) is 0 Å². The van der Waals surface area contributed by atoms with Crippen LogP contribution in [-0.4, -0.2) is 37.0 Å². The van der Waals surface area contributed by atoms with Gasteiger partial charge in [0.15, 0.2) is 11.6 Å². The van der Waals surface area contributed by atoms with Crippen molar-refractivity contribution in [1.82, 2.24) is 24.6 Å². The number of hydrogen-bond acceptors (Lipinski definition) is 7. The highest BCUT2D eigenvalue weighted by Crippen LogP contribution is 2.37. The molecule has 0 saturated heterocycles. The van der Waals surface area contributed by atoms with Crippen LogP contribution in [0.2, 0.25) is 5.02 Å². The normalized spacial score (nSPS) is 13.7. The number of aliphatic carboxylic acids is 1. The lowest BCUT2D eigenvalue weighted by atomic mass is 9.88. The molecule has 5 aromatic rings. The minimum Gasteiger partial charge on any atom is -0.548 e. The first-order chi connectivity index (χ1) is 22.3. The fourth-order valence-corrected chi connectivity index (χ4v) is 7.89. The number of aromatic nitrogens is 4. The number of benzene rings is 2. The summed E-state index contributed by atoms with van der Waals surface area (Å²) in [7, 11) is 0. The van der Waals surface area contributed by atoms with Crippen LogP contribution in [0.25, 0.3) is 15.9 Å². The number of hydrogen-bond donors (Lipinski definition) is 1. The second-order valence-corrected chi connectivity index (χ2v) is 13.1. The number of carboxylic acids is 1. The highest BCUT2D eigenvalue weighted by Gasteiger charge is 2.30. The summed E-state index contributed by atoms with van der Waals surface area (Å²) in [6.07, 6.45) is 6.55. The number of nitrogens with zero attached hydrogens (tertiary/aromatic N) is 4. The van der Waals surface area contributed by atoms with Crippen LogP contribution in [0.3, 0.4) is 0 Å². The molecule has 9 nitrogen and oxygen atoms in total. The minimum absolute atomic E-state index is 0.0215. The molecule has 0 radical (unpaired) electrons. The van der Waals surface area contributed by atoms with E-state index in [0.717, 1.165) is 53.8 Å². The van der Waals surface area contributed by atoms with Gasteiger partial charge in [-0.05, 0) is 55.5 Å². The Kier molecular flexibility index (Phi) is 9.37. The molecule has 3 heterocycles. The Bertz CT molecular complexity index is 1930. The van der Waals surface area contributed by atoms with Gasteiger partial charge in [-0.1, -0.05) is 75.0 Å². The van der Waals surface area contributed by atoms with Crippen LogP contribution < -0.4 is 10.4 Å². The van der Waals surface area contributed by atoms with Gasteiger partial charge < -0.3 is 19.8 Å². The fraction of sp³-hybridized carbons (Fsp3) is 0.343. The summed E-state index contributed by atoms with van der Waals surface area (Å²) in [6, 6.07) is 16.3. The maximum absolute atomic E-state index is 14.0. The second kappa shape index (κ2) is 13.6. The molecule has 1 fully saturated rings. The van der Waals surface area contributed by atoms with Crippen molar-refractivity contribution in [3.8, 4) is 5.00 Å². The molecule has 2 aromatic carbocycles. The van der Waals surface area contributed by atoms with Crippen LogP contribution >= 0.6 is 22.9 Å². The van der Waals surface area contributed by atoms with Crippen molar-refractivity contribution in [3.63, 3.8) is 0 Å². The number of carbonyl (C=O) groups excluding carboxylic acids is 3. The van der Waals surface area contributed by atoms with E-state index in [4.69, 9.17) is 11.6 Å². The van der Waals surface area contributed by atoms with E-state index in [2.05, 4.69) is 15.5 Å². The predicted octanol–water partition coefficient (Wildman–Crippen LogP) is 6.02. The van der Waals surface area contributed by atoms with Gasteiger partial charge in [0.2, 0.25) is 0 Å². The molecule has 11 heteroatoms. The van der Waals surface area contributed by atoms with Crippen molar-refractivity contribution < 1.29 is 19.5 Å². The zero-order valence-corrected chi connectivity index (χ0v) is 27.4. The molecule has 46 heavy (non-hydrogen) atoms. The molecule has 1 N–H and O–H groups in total. The average Bonchev–Trinajstić information content (AvgIpc) is 3.77. The van der Waals surface area contributed by atoms with Crippen LogP contribution in [0.15, 0.2) is 54.6 Å². The monoisotopic (exact) mass is 656 g/mol. The van der Waals surface area contributed by atoms with Gasteiger partial charge in [-0.2, -0.15) is 0 Å². The smallest absolute Gasteiger partial charge is 0.268 e. The number of thiophene rings is 1. The van der Waals surface area contributed by atoms with E-state index in [1.807, 2.05) is 42.7 Å². The molecule has 0 aliphatic heterocycles. The van der Waals surface area contributed by atoms with E-state index >= 15 is 0 Å². The molecule has 0 atom stereocenters. The van der Waals surface area contributed by atoms with Crippen molar-refractivity contribution >= 4 is 51.5 Å². The van der Waals surface area contributed by atoms with E-state index in [0.29, 0.717) is 38.9 Å². The Hall–Kier alpha value is -4.28. The van der Waals surface area contributed by atoms with Gasteiger partial charge in [0.25, 0.3) is 5.91 Å². The van der Waals surface area contributed by atoms with Crippen molar-refractivity contribution in [3.05, 3.63) is 98.5 Å². The highest BCUT2D eigenvalue weighted by atomic mass is 35.5. The van der Waals surface area contributed by atoms with Gasteiger partial charge in [-0.25, -0.2) is 0 Å². The van der Waals surface area contributed by atoms with E-state index in [1.165, 1.54) is 22.3 Å². The maximum Gasteiger partial charge on any atom is 0.268 e. The Morgan fingerprint density at radius 2 is 1.72 bits per heavy atom. The van der Waals surface area contributed by atoms with Gasteiger partial charge in [-0.3, -0.25) is 14.2 Å². The molecular formula is C35H35ClN5O4S-. The molecule has 0 bridgehead atoms. The number of carboxylic acid groups (broad SMARTS) is 1. The first kappa shape index (κ1) is 31.7. The number of nitrogens with one attached hydrogen (secondary N) is 1. The SMILES string of the molecule is CCc1cc(C(=O)c2ccccc2Cl)c(-n2c(CNC(=O)c3c(CC)c4ccccc4n3CC(=O)[O-])nnc2C2CCCCC2)s1. The number of fused-ring (bicyclic) bond motifs is 1. The average molecular weight is 657 g/mol. The van der Waals surface area contributed by atoms with Gasteiger partial charge in [0, 0.05) is 27.3 Å². The summed E-state index contributed by atoms with van der Waals surface area (Å²) in [5.74, 6) is -0.452. The van der Waals surface area contributed by atoms with Gasteiger partial charge in [-0.15, -0.1) is 21.5 Å². The fourth-order valence-electron chi connectivity index (χ4n) is 6.55. The standard InChI is InChI=1S/C35H36ClN5O4S/c1-3-22-18-26(32(44)25-15-8-10-16-27(25)36)35(46-22)41-29(38-39-33(41)21-12-6-5-7-13-21)19-37-34(45)31-23(4-2)24-14-9-11-17-28(24)40(31)20-30(42)43/h8-11,14-18,21H,3-7,12-13,19-20H2,1-2H3,(H,37,45)(H,42,43)/p-1. The summed E-state index contributed by atoms with van der Waals surface area (Å²) in [5.41, 5.74) is 2.63. The topological polar surface area (TPSA) is 122 Å². The number of rotatable bonds is 11. The summed E-state index contributed by atoms with van der Waals surface area (Å²) < 4.78 is 3.46. The van der Waals surface area contributed by atoms with E-state index in [9.17, 15) is 19.5 Å². The number of aryl methyl sites for hydroxylation is 2. The van der Waals surface area contributed by atoms with Crippen LogP contribution in [-0.2, 0) is 30.7 Å². The molecule has 238 valence electrons. The van der Waals surface area contributed by atoms with Crippen LogP contribution in [0.1, 0.15) is 100 Å². The molecule has 1 aliphatic rings. The largest absolute Gasteiger partial charge is 0.548 e. The summed E-state index contributed by atoms with van der Waals surface area (Å²) in [5, 5.41) is 25.9. The highest BCUT2D eigenvalue weighted by molar-refractivity contribution is 7.15. The number of halogens is 1. The molecule has 3 aromatic heterocycles. The van der Waals surface area contributed by atoms with Gasteiger partial charge in [0.05, 0.1) is 29.6 Å². The number of carbonyl (C=O) groups is 3. The molecular weight excluding hydrogens is 622 g/mol. The van der Waals surface area contributed by atoms with E-state index < -0.39 is 18.4 Å².